The van der Waals surface area contributed by atoms with Crippen LogP contribution in [-0.2, 0) is 9.47 Å². The summed E-state index contributed by atoms with van der Waals surface area (Å²) in [7, 11) is 0. The third-order valence-corrected chi connectivity index (χ3v) is 5.09. The van der Waals surface area contributed by atoms with E-state index in [4.69, 9.17) is 26.8 Å². The van der Waals surface area contributed by atoms with Crippen LogP contribution in [0.15, 0.2) is 24.3 Å². The molecular formula is C17H20ClN3O3. The first-order valence-electron chi connectivity index (χ1n) is 8.17. The first-order chi connectivity index (χ1) is 11.5. The van der Waals surface area contributed by atoms with Crippen molar-refractivity contribution in [3.8, 4) is 0 Å². The number of nitrogens with two attached hydrogens (primary N) is 1. The molecule has 2 aromatic rings. The first kappa shape index (κ1) is 15.9. The number of carbonyl (C=O) groups is 1. The number of ether oxygens (including phenoxy) is 2. The molecule has 1 saturated carbocycles. The molecule has 4 rings (SSSR count). The number of aromatic nitrogens is 1. The number of fused-ring (bicyclic) bond motifs is 1. The van der Waals surface area contributed by atoms with Crippen molar-refractivity contribution >= 4 is 28.4 Å². The summed E-state index contributed by atoms with van der Waals surface area (Å²) >= 11 is 5.99. The lowest BCUT2D eigenvalue weighted by Gasteiger charge is -2.39. The van der Waals surface area contributed by atoms with Crippen LogP contribution in [0.5, 0.6) is 0 Å². The minimum Gasteiger partial charge on any atom is -0.351 e. The van der Waals surface area contributed by atoms with Crippen molar-refractivity contribution < 1.29 is 14.3 Å². The number of carbonyl (C=O) groups excluding carboxylic acids is 1. The Balaban J connectivity index is 1.45. The van der Waals surface area contributed by atoms with Gasteiger partial charge in [0.2, 0.25) is 0 Å². The average molecular weight is 350 g/mol. The second-order valence-corrected chi connectivity index (χ2v) is 6.95. The number of rotatable bonds is 2. The molecule has 2 fully saturated rings. The van der Waals surface area contributed by atoms with Gasteiger partial charge in [-0.25, -0.2) is 0 Å². The molecule has 1 aliphatic carbocycles. The molecule has 1 aliphatic heterocycles. The number of halogens is 1. The predicted molar refractivity (Wildman–Crippen MR) is 91.0 cm³/mol. The van der Waals surface area contributed by atoms with E-state index >= 15 is 0 Å². The molecule has 1 aromatic carbocycles. The van der Waals surface area contributed by atoms with E-state index in [9.17, 15) is 4.79 Å². The quantitative estimate of drug-likeness (QED) is 0.775. The van der Waals surface area contributed by atoms with Crippen molar-refractivity contribution in [1.29, 1.82) is 0 Å². The summed E-state index contributed by atoms with van der Waals surface area (Å²) in [6.07, 6.45) is 2.08. The number of hydrogen-bond donors (Lipinski definition) is 3. The fraction of sp³-hybridized carbons (Fsp3) is 0.471. The Morgan fingerprint density at radius 1 is 1.33 bits per heavy atom. The number of amides is 1. The Morgan fingerprint density at radius 2 is 2.12 bits per heavy atom. The summed E-state index contributed by atoms with van der Waals surface area (Å²) in [5.41, 5.74) is 7.64. The van der Waals surface area contributed by atoms with Gasteiger partial charge in [0.1, 0.15) is 5.69 Å². The van der Waals surface area contributed by atoms with E-state index in [1.807, 2.05) is 12.1 Å². The summed E-state index contributed by atoms with van der Waals surface area (Å²) in [5.74, 6) is -0.703. The summed E-state index contributed by atoms with van der Waals surface area (Å²) in [6.45, 7) is 1.22. The molecule has 0 bridgehead atoms. The minimum atomic E-state index is -0.543. The second kappa shape index (κ2) is 6.04. The van der Waals surface area contributed by atoms with Gasteiger partial charge >= 0.3 is 0 Å². The monoisotopic (exact) mass is 349 g/mol. The highest BCUT2D eigenvalue weighted by Gasteiger charge is 2.44. The average Bonchev–Trinajstić information content (AvgIpc) is 3.17. The molecule has 4 N–H and O–H groups in total. The van der Waals surface area contributed by atoms with E-state index in [1.165, 1.54) is 0 Å². The Morgan fingerprint density at radius 3 is 2.88 bits per heavy atom. The van der Waals surface area contributed by atoms with Gasteiger partial charge in [-0.05, 0) is 30.7 Å². The number of benzene rings is 1. The van der Waals surface area contributed by atoms with Gasteiger partial charge < -0.3 is 25.5 Å². The number of H-pyrrole nitrogens is 1. The van der Waals surface area contributed by atoms with Crippen LogP contribution in [0, 0.1) is 0 Å². The van der Waals surface area contributed by atoms with Crippen molar-refractivity contribution in [2.75, 3.05) is 13.2 Å². The molecule has 1 aromatic heterocycles. The molecule has 1 saturated heterocycles. The van der Waals surface area contributed by atoms with Crippen LogP contribution in [0.3, 0.4) is 0 Å². The minimum absolute atomic E-state index is 0.0917. The van der Waals surface area contributed by atoms with Gasteiger partial charge in [0.05, 0.1) is 13.2 Å². The lowest BCUT2D eigenvalue weighted by molar-refractivity contribution is -0.182. The molecule has 128 valence electrons. The number of hydrogen-bond acceptors (Lipinski definition) is 4. The molecule has 2 aliphatic rings. The lowest BCUT2D eigenvalue weighted by atomic mass is 9.86. The van der Waals surface area contributed by atoms with Crippen LogP contribution < -0.4 is 11.1 Å². The van der Waals surface area contributed by atoms with Crippen molar-refractivity contribution in [3.63, 3.8) is 0 Å². The Hall–Kier alpha value is -1.60. The standard InChI is InChI=1S/C17H20ClN3O3/c18-11-1-2-13-10(7-11)8-15(20-13)16(22)21-14-3-4-17(9-12(14)19)23-5-6-24-17/h1-2,7-8,12,14,20H,3-6,9,19H2,(H,21,22). The summed E-state index contributed by atoms with van der Waals surface area (Å²) < 4.78 is 11.4. The fourth-order valence-electron chi connectivity index (χ4n) is 3.60. The molecule has 2 unspecified atom stereocenters. The van der Waals surface area contributed by atoms with Gasteiger partial charge in [-0.1, -0.05) is 11.6 Å². The van der Waals surface area contributed by atoms with Gasteiger partial charge in [-0.2, -0.15) is 0 Å². The highest BCUT2D eigenvalue weighted by molar-refractivity contribution is 6.31. The third kappa shape index (κ3) is 2.91. The predicted octanol–water partition coefficient (Wildman–Crippen LogP) is 2.17. The van der Waals surface area contributed by atoms with Gasteiger partial charge in [-0.3, -0.25) is 4.79 Å². The number of nitrogens with one attached hydrogen (secondary N) is 2. The maximum Gasteiger partial charge on any atom is 0.268 e. The van der Waals surface area contributed by atoms with Crippen LogP contribution in [0.25, 0.3) is 10.9 Å². The van der Waals surface area contributed by atoms with Gasteiger partial charge in [0.25, 0.3) is 5.91 Å². The van der Waals surface area contributed by atoms with E-state index in [1.54, 1.807) is 12.1 Å². The zero-order valence-electron chi connectivity index (χ0n) is 13.2. The fourth-order valence-corrected chi connectivity index (χ4v) is 3.78. The van der Waals surface area contributed by atoms with Crippen LogP contribution in [0.1, 0.15) is 29.8 Å². The molecule has 24 heavy (non-hydrogen) atoms. The van der Waals surface area contributed by atoms with E-state index in [0.29, 0.717) is 30.4 Å². The van der Waals surface area contributed by atoms with Gasteiger partial charge in [-0.15, -0.1) is 0 Å². The molecule has 0 radical (unpaired) electrons. The zero-order valence-corrected chi connectivity index (χ0v) is 13.9. The summed E-state index contributed by atoms with van der Waals surface area (Å²) in [4.78, 5) is 15.6. The maximum absolute atomic E-state index is 12.5. The van der Waals surface area contributed by atoms with E-state index < -0.39 is 5.79 Å². The van der Waals surface area contributed by atoms with E-state index in [2.05, 4.69) is 10.3 Å². The zero-order chi connectivity index (χ0) is 16.7. The molecule has 1 amide bonds. The molecule has 2 atom stereocenters. The van der Waals surface area contributed by atoms with Crippen LogP contribution in [0.2, 0.25) is 5.02 Å². The van der Waals surface area contributed by atoms with Crippen molar-refractivity contribution in [1.82, 2.24) is 10.3 Å². The van der Waals surface area contributed by atoms with Crippen molar-refractivity contribution in [3.05, 3.63) is 35.0 Å². The van der Waals surface area contributed by atoms with Crippen LogP contribution in [0.4, 0.5) is 0 Å². The van der Waals surface area contributed by atoms with Crippen LogP contribution in [-0.4, -0.2) is 42.0 Å². The molecule has 7 heteroatoms. The second-order valence-electron chi connectivity index (χ2n) is 6.51. The third-order valence-electron chi connectivity index (χ3n) is 4.86. The lowest BCUT2D eigenvalue weighted by Crippen LogP contribution is -2.56. The topological polar surface area (TPSA) is 89.4 Å². The largest absolute Gasteiger partial charge is 0.351 e. The Labute approximate surface area is 144 Å². The molecule has 2 heterocycles. The van der Waals surface area contributed by atoms with Gasteiger partial charge in [0, 0.05) is 40.9 Å². The highest BCUT2D eigenvalue weighted by Crippen LogP contribution is 2.35. The molecular weight excluding hydrogens is 330 g/mol. The summed E-state index contributed by atoms with van der Waals surface area (Å²) in [6, 6.07) is 7.00. The van der Waals surface area contributed by atoms with E-state index in [0.717, 1.165) is 23.7 Å². The van der Waals surface area contributed by atoms with Crippen molar-refractivity contribution in [2.45, 2.75) is 37.1 Å². The highest BCUT2D eigenvalue weighted by atomic mass is 35.5. The SMILES string of the molecule is NC1CC2(CCC1NC(=O)c1cc3cc(Cl)ccc3[nH]1)OCCO2. The van der Waals surface area contributed by atoms with Crippen molar-refractivity contribution in [2.24, 2.45) is 5.73 Å². The first-order valence-corrected chi connectivity index (χ1v) is 8.55. The Kier molecular flexibility index (Phi) is 4.00. The normalized spacial score (nSPS) is 26.1. The summed E-state index contributed by atoms with van der Waals surface area (Å²) in [5, 5.41) is 4.58. The molecule has 1 spiro atoms. The number of aromatic amines is 1. The van der Waals surface area contributed by atoms with Crippen LogP contribution >= 0.6 is 11.6 Å². The van der Waals surface area contributed by atoms with Gasteiger partial charge in [0.15, 0.2) is 5.79 Å². The maximum atomic E-state index is 12.5. The molecule has 6 nitrogen and oxygen atoms in total. The van der Waals surface area contributed by atoms with E-state index in [-0.39, 0.29) is 18.0 Å². The Bertz CT molecular complexity index is 770. The smallest absolute Gasteiger partial charge is 0.268 e.